The number of aromatic nitrogens is 6. The van der Waals surface area contributed by atoms with E-state index in [2.05, 4.69) is 25.7 Å². The first kappa shape index (κ1) is 16.0. The molecule has 9 heteroatoms. The number of nitrogens with one attached hydrogen (secondary N) is 1. The number of aryl methyl sites for hydroxylation is 1. The summed E-state index contributed by atoms with van der Waals surface area (Å²) in [5, 5.41) is 20.5. The number of rotatable bonds is 2. The molecule has 1 aromatic carbocycles. The van der Waals surface area contributed by atoms with Crippen LogP contribution in [-0.2, 0) is 4.79 Å². The molecule has 0 aliphatic carbocycles. The van der Waals surface area contributed by atoms with E-state index in [0.29, 0.717) is 28.7 Å². The number of fused-ring (bicyclic) bond motifs is 2. The minimum absolute atomic E-state index is 0.0704. The summed E-state index contributed by atoms with van der Waals surface area (Å²) >= 11 is 6.17. The molecule has 4 heterocycles. The van der Waals surface area contributed by atoms with Gasteiger partial charge in [0.15, 0.2) is 11.5 Å². The predicted octanol–water partition coefficient (Wildman–Crippen LogP) is 2.75. The summed E-state index contributed by atoms with van der Waals surface area (Å²) in [6.45, 7) is 1.93. The van der Waals surface area contributed by atoms with Crippen molar-refractivity contribution in [1.29, 1.82) is 0 Å². The number of carbonyl (C=O) groups is 1. The highest BCUT2D eigenvalue weighted by Gasteiger charge is 2.33. The second kappa shape index (κ2) is 5.88. The molecule has 5 rings (SSSR count). The van der Waals surface area contributed by atoms with Crippen LogP contribution in [0.3, 0.4) is 0 Å². The highest BCUT2D eigenvalue weighted by Crippen LogP contribution is 2.40. The lowest BCUT2D eigenvalue weighted by Gasteiger charge is -2.24. The molecular weight excluding hydrogens is 366 g/mol. The number of amides is 1. The van der Waals surface area contributed by atoms with Crippen LogP contribution in [0.1, 0.15) is 29.2 Å². The van der Waals surface area contributed by atoms with E-state index in [1.54, 1.807) is 21.3 Å². The zero-order valence-electron chi connectivity index (χ0n) is 14.3. The molecule has 1 amide bonds. The van der Waals surface area contributed by atoms with Crippen LogP contribution >= 0.6 is 11.6 Å². The Morgan fingerprint density at radius 2 is 2.11 bits per heavy atom. The largest absolute Gasteiger partial charge is 0.310 e. The van der Waals surface area contributed by atoms with Crippen molar-refractivity contribution in [2.24, 2.45) is 0 Å². The van der Waals surface area contributed by atoms with Crippen LogP contribution in [-0.4, -0.2) is 35.5 Å². The maximum Gasteiger partial charge on any atom is 0.226 e. The summed E-state index contributed by atoms with van der Waals surface area (Å²) in [5.74, 6) is 1.02. The lowest BCUT2D eigenvalue weighted by molar-refractivity contribution is -0.116. The number of hydrogen-bond donors (Lipinski definition) is 1. The summed E-state index contributed by atoms with van der Waals surface area (Å²) in [6, 6.07) is 11.2. The fourth-order valence-corrected chi connectivity index (χ4v) is 3.75. The van der Waals surface area contributed by atoms with Crippen molar-refractivity contribution in [3.63, 3.8) is 0 Å². The van der Waals surface area contributed by atoms with Crippen LogP contribution in [0.2, 0.25) is 5.02 Å². The Kier molecular flexibility index (Phi) is 3.48. The molecule has 0 bridgehead atoms. The third-order valence-electron chi connectivity index (χ3n) is 4.72. The zero-order chi connectivity index (χ0) is 18.5. The van der Waals surface area contributed by atoms with Crippen molar-refractivity contribution in [1.82, 2.24) is 29.6 Å². The Hall–Kier alpha value is -3.26. The van der Waals surface area contributed by atoms with Gasteiger partial charge in [-0.15, -0.1) is 15.3 Å². The van der Waals surface area contributed by atoms with Crippen molar-refractivity contribution in [3.05, 3.63) is 64.6 Å². The van der Waals surface area contributed by atoms with E-state index < -0.39 is 0 Å². The molecule has 1 atom stereocenters. The van der Waals surface area contributed by atoms with Crippen molar-refractivity contribution >= 4 is 29.0 Å². The molecule has 0 fully saturated rings. The van der Waals surface area contributed by atoms with E-state index in [-0.39, 0.29) is 11.8 Å². The molecule has 27 heavy (non-hydrogen) atoms. The Bertz CT molecular complexity index is 1200. The third kappa shape index (κ3) is 2.57. The standard InChI is InChI=1S/C18H14ClN7O/c1-10-17-13(11-3-2-4-12(19)7-11)8-16(27)21-18(17)26(23-10)15-6-5-14-22-20-9-25(14)24-15/h2-7,9,13H,8H2,1H3,(H,21,27). The van der Waals surface area contributed by atoms with Gasteiger partial charge >= 0.3 is 0 Å². The lowest BCUT2D eigenvalue weighted by Crippen LogP contribution is -2.25. The van der Waals surface area contributed by atoms with E-state index in [1.165, 1.54) is 6.33 Å². The average Bonchev–Trinajstić information content (AvgIpc) is 3.25. The zero-order valence-corrected chi connectivity index (χ0v) is 15.1. The van der Waals surface area contributed by atoms with Crippen LogP contribution in [0.25, 0.3) is 11.5 Å². The molecule has 1 unspecified atom stereocenters. The van der Waals surface area contributed by atoms with Crippen molar-refractivity contribution in [3.8, 4) is 5.82 Å². The van der Waals surface area contributed by atoms with Gasteiger partial charge in [-0.25, -0.2) is 0 Å². The summed E-state index contributed by atoms with van der Waals surface area (Å²) in [6.07, 6.45) is 1.87. The Balaban J connectivity index is 1.68. The molecule has 1 aliphatic heterocycles. The first-order valence-electron chi connectivity index (χ1n) is 8.42. The fraction of sp³-hybridized carbons (Fsp3) is 0.167. The average molecular weight is 380 g/mol. The van der Waals surface area contributed by atoms with Crippen molar-refractivity contribution < 1.29 is 4.79 Å². The minimum Gasteiger partial charge on any atom is -0.310 e. The number of hydrogen-bond acceptors (Lipinski definition) is 5. The maximum atomic E-state index is 12.4. The molecule has 0 saturated carbocycles. The summed E-state index contributed by atoms with van der Waals surface area (Å²) in [5.41, 5.74) is 3.43. The van der Waals surface area contributed by atoms with Crippen molar-refractivity contribution in [2.45, 2.75) is 19.3 Å². The Morgan fingerprint density at radius 3 is 2.96 bits per heavy atom. The third-order valence-corrected chi connectivity index (χ3v) is 4.95. The van der Waals surface area contributed by atoms with Crippen LogP contribution in [0.5, 0.6) is 0 Å². The first-order chi connectivity index (χ1) is 13.1. The van der Waals surface area contributed by atoms with Gasteiger partial charge in [0.2, 0.25) is 5.91 Å². The second-order valence-electron chi connectivity index (χ2n) is 6.44. The Labute approximate surface area is 158 Å². The molecule has 3 aromatic heterocycles. The molecule has 134 valence electrons. The number of benzene rings is 1. The number of halogens is 1. The van der Waals surface area contributed by atoms with Crippen LogP contribution < -0.4 is 5.32 Å². The molecule has 0 saturated heterocycles. The summed E-state index contributed by atoms with van der Waals surface area (Å²) < 4.78 is 3.22. The summed E-state index contributed by atoms with van der Waals surface area (Å²) in [7, 11) is 0. The molecule has 4 aromatic rings. The van der Waals surface area contributed by atoms with Crippen LogP contribution in [0.15, 0.2) is 42.7 Å². The fourth-order valence-electron chi connectivity index (χ4n) is 3.55. The van der Waals surface area contributed by atoms with E-state index in [4.69, 9.17) is 11.6 Å². The highest BCUT2D eigenvalue weighted by atomic mass is 35.5. The molecule has 1 aliphatic rings. The van der Waals surface area contributed by atoms with E-state index in [0.717, 1.165) is 16.8 Å². The molecule has 8 nitrogen and oxygen atoms in total. The Morgan fingerprint density at radius 1 is 1.22 bits per heavy atom. The van der Waals surface area contributed by atoms with Crippen LogP contribution in [0, 0.1) is 6.92 Å². The number of nitrogens with zero attached hydrogens (tertiary/aromatic N) is 6. The first-order valence-corrected chi connectivity index (χ1v) is 8.80. The monoisotopic (exact) mass is 379 g/mol. The smallest absolute Gasteiger partial charge is 0.226 e. The van der Waals surface area contributed by atoms with Gasteiger partial charge in [-0.3, -0.25) is 4.79 Å². The summed E-state index contributed by atoms with van der Waals surface area (Å²) in [4.78, 5) is 12.4. The van der Waals surface area contributed by atoms with Gasteiger partial charge in [0, 0.05) is 22.9 Å². The number of anilines is 1. The molecule has 1 N–H and O–H groups in total. The van der Waals surface area contributed by atoms with E-state index in [9.17, 15) is 4.79 Å². The van der Waals surface area contributed by atoms with Gasteiger partial charge < -0.3 is 5.32 Å². The van der Waals surface area contributed by atoms with Gasteiger partial charge in [-0.2, -0.15) is 14.3 Å². The lowest BCUT2D eigenvalue weighted by atomic mass is 9.86. The number of carbonyl (C=O) groups excluding carboxylic acids is 1. The molecular formula is C18H14ClN7O. The topological polar surface area (TPSA) is 90.0 Å². The molecule has 0 radical (unpaired) electrons. The van der Waals surface area contributed by atoms with Gasteiger partial charge in [-0.05, 0) is 36.8 Å². The van der Waals surface area contributed by atoms with Gasteiger partial charge in [0.1, 0.15) is 12.1 Å². The second-order valence-corrected chi connectivity index (χ2v) is 6.88. The minimum atomic E-state index is -0.111. The van der Waals surface area contributed by atoms with Gasteiger partial charge in [0.05, 0.1) is 5.69 Å². The SMILES string of the molecule is Cc1nn(-c2ccc3nncn3n2)c2c1C(c1cccc(Cl)c1)CC(=O)N2. The highest BCUT2D eigenvalue weighted by molar-refractivity contribution is 6.30. The normalized spacial score (nSPS) is 16.4. The predicted molar refractivity (Wildman–Crippen MR) is 99.2 cm³/mol. The maximum absolute atomic E-state index is 12.4. The van der Waals surface area contributed by atoms with E-state index in [1.807, 2.05) is 31.2 Å². The van der Waals surface area contributed by atoms with Crippen LogP contribution in [0.4, 0.5) is 5.82 Å². The van der Waals surface area contributed by atoms with Gasteiger partial charge in [-0.1, -0.05) is 23.7 Å². The molecule has 0 spiro atoms. The van der Waals surface area contributed by atoms with Crippen molar-refractivity contribution in [2.75, 3.05) is 5.32 Å². The van der Waals surface area contributed by atoms with E-state index >= 15 is 0 Å². The van der Waals surface area contributed by atoms with Gasteiger partial charge in [0.25, 0.3) is 0 Å². The quantitative estimate of drug-likeness (QED) is 0.578.